The van der Waals surface area contributed by atoms with Gasteiger partial charge in [-0.1, -0.05) is 0 Å². The fourth-order valence-electron chi connectivity index (χ4n) is 1.32. The van der Waals surface area contributed by atoms with Crippen molar-refractivity contribution in [2.75, 3.05) is 19.1 Å². The summed E-state index contributed by atoms with van der Waals surface area (Å²) >= 11 is 2.85. The van der Waals surface area contributed by atoms with Crippen molar-refractivity contribution in [1.82, 2.24) is 0 Å². The lowest BCUT2D eigenvalue weighted by Gasteiger charge is -2.09. The van der Waals surface area contributed by atoms with Crippen molar-refractivity contribution in [2.45, 2.75) is 19.8 Å². The normalized spacial score (nSPS) is 14.4. The van der Waals surface area contributed by atoms with Gasteiger partial charge in [-0.15, -0.1) is 23.5 Å². The highest BCUT2D eigenvalue weighted by Gasteiger charge is 2.36. The van der Waals surface area contributed by atoms with Crippen molar-refractivity contribution in [3.8, 4) is 0 Å². The molecule has 0 aromatic carbocycles. The van der Waals surface area contributed by atoms with Crippen molar-refractivity contribution in [3.63, 3.8) is 0 Å². The van der Waals surface area contributed by atoms with Crippen molar-refractivity contribution >= 4 is 35.3 Å². The second kappa shape index (κ2) is 6.35. The van der Waals surface area contributed by atoms with Gasteiger partial charge in [-0.2, -0.15) is 0 Å². The van der Waals surface area contributed by atoms with E-state index in [0.717, 1.165) is 17.1 Å². The molecule has 3 nitrogen and oxygen atoms in total. The third kappa shape index (κ3) is 3.28. The zero-order valence-electron chi connectivity index (χ0n) is 9.74. The van der Waals surface area contributed by atoms with Gasteiger partial charge in [0.1, 0.15) is 5.57 Å². The number of hydrogen-bond acceptors (Lipinski definition) is 5. The van der Waals surface area contributed by atoms with Crippen LogP contribution in [-0.4, -0.2) is 30.9 Å². The standard InChI is InChI=1S/C11H16O3S2/c1-4-14-10(13)8(11(15-2)16-3)9(12)7-5-6-7/h7H,4-6H2,1-3H3. The van der Waals surface area contributed by atoms with Crippen molar-refractivity contribution in [1.29, 1.82) is 0 Å². The Balaban J connectivity index is 2.95. The Morgan fingerprint density at radius 2 is 1.81 bits per heavy atom. The van der Waals surface area contributed by atoms with Crippen LogP contribution in [0, 0.1) is 5.92 Å². The van der Waals surface area contributed by atoms with Crippen LogP contribution in [0.15, 0.2) is 9.81 Å². The van der Waals surface area contributed by atoms with E-state index >= 15 is 0 Å². The van der Waals surface area contributed by atoms with E-state index in [1.54, 1.807) is 6.92 Å². The highest BCUT2D eigenvalue weighted by atomic mass is 32.2. The number of Topliss-reactive ketones (excluding diaryl/α,β-unsaturated/α-hetero) is 1. The molecule has 0 amide bonds. The first-order valence-electron chi connectivity index (χ1n) is 5.19. The van der Waals surface area contributed by atoms with E-state index in [-0.39, 0.29) is 17.3 Å². The molecule has 0 saturated heterocycles. The zero-order chi connectivity index (χ0) is 12.1. The largest absolute Gasteiger partial charge is 0.462 e. The second-order valence-electron chi connectivity index (χ2n) is 3.43. The molecule has 90 valence electrons. The lowest BCUT2D eigenvalue weighted by Crippen LogP contribution is -2.18. The molecule has 1 saturated carbocycles. The van der Waals surface area contributed by atoms with Crippen LogP contribution in [0.1, 0.15) is 19.8 Å². The summed E-state index contributed by atoms with van der Waals surface area (Å²) in [6, 6.07) is 0. The average Bonchev–Trinajstić information content (AvgIpc) is 3.08. The van der Waals surface area contributed by atoms with Crippen molar-refractivity contribution in [2.24, 2.45) is 5.92 Å². The van der Waals surface area contributed by atoms with Gasteiger partial charge in [-0.05, 0) is 32.3 Å². The maximum absolute atomic E-state index is 12.0. The summed E-state index contributed by atoms with van der Waals surface area (Å²) in [5.74, 6) is -0.469. The van der Waals surface area contributed by atoms with Crippen LogP contribution in [0.2, 0.25) is 0 Å². The molecule has 1 aliphatic carbocycles. The molecule has 1 fully saturated rings. The highest BCUT2D eigenvalue weighted by Crippen LogP contribution is 2.37. The minimum atomic E-state index is -0.474. The van der Waals surface area contributed by atoms with Gasteiger partial charge in [0.15, 0.2) is 5.78 Å². The molecule has 1 rings (SSSR count). The maximum atomic E-state index is 12.0. The van der Waals surface area contributed by atoms with Gasteiger partial charge in [0.25, 0.3) is 0 Å². The molecule has 0 aromatic rings. The highest BCUT2D eigenvalue weighted by molar-refractivity contribution is 8.21. The smallest absolute Gasteiger partial charge is 0.343 e. The fraction of sp³-hybridized carbons (Fsp3) is 0.636. The predicted octanol–water partition coefficient (Wildman–Crippen LogP) is 2.47. The first-order valence-corrected chi connectivity index (χ1v) is 7.64. The first kappa shape index (κ1) is 13.6. The molecule has 16 heavy (non-hydrogen) atoms. The number of hydrogen-bond donors (Lipinski definition) is 0. The van der Waals surface area contributed by atoms with Gasteiger partial charge in [-0.25, -0.2) is 4.79 Å². The van der Waals surface area contributed by atoms with Crippen LogP contribution in [-0.2, 0) is 14.3 Å². The van der Waals surface area contributed by atoms with Crippen LogP contribution < -0.4 is 0 Å². The third-order valence-electron chi connectivity index (χ3n) is 2.25. The Kier molecular flexibility index (Phi) is 5.41. The Labute approximate surface area is 104 Å². The molecule has 0 spiro atoms. The number of ether oxygens (including phenoxy) is 1. The molecular formula is C11H16O3S2. The molecule has 5 heteroatoms. The number of rotatable bonds is 6. The van der Waals surface area contributed by atoms with Crippen LogP contribution in [0.3, 0.4) is 0 Å². The topological polar surface area (TPSA) is 43.4 Å². The number of thioether (sulfide) groups is 2. The summed E-state index contributed by atoms with van der Waals surface area (Å²) in [5.41, 5.74) is 0.254. The van der Waals surface area contributed by atoms with Crippen molar-refractivity contribution in [3.05, 3.63) is 9.81 Å². The van der Waals surface area contributed by atoms with Gasteiger partial charge in [0, 0.05) is 5.92 Å². The molecule has 0 aliphatic heterocycles. The van der Waals surface area contributed by atoms with E-state index in [4.69, 9.17) is 4.74 Å². The second-order valence-corrected chi connectivity index (χ2v) is 5.32. The monoisotopic (exact) mass is 260 g/mol. The molecule has 1 aliphatic rings. The van der Waals surface area contributed by atoms with Gasteiger partial charge >= 0.3 is 5.97 Å². The van der Waals surface area contributed by atoms with E-state index < -0.39 is 5.97 Å². The Hall–Kier alpha value is -0.420. The van der Waals surface area contributed by atoms with E-state index in [2.05, 4.69) is 0 Å². The van der Waals surface area contributed by atoms with Crippen LogP contribution >= 0.6 is 23.5 Å². The molecule has 0 bridgehead atoms. The molecule has 0 aromatic heterocycles. The lowest BCUT2D eigenvalue weighted by molar-refractivity contribution is -0.140. The van der Waals surface area contributed by atoms with Gasteiger partial charge in [0.2, 0.25) is 0 Å². The minimum absolute atomic E-state index is 0.0443. The SMILES string of the molecule is CCOC(=O)C(C(=O)C1CC1)=C(SC)SC. The molecule has 0 radical (unpaired) electrons. The van der Waals surface area contributed by atoms with E-state index in [1.165, 1.54) is 23.5 Å². The molecule has 0 unspecified atom stereocenters. The number of carbonyl (C=O) groups excluding carboxylic acids is 2. The van der Waals surface area contributed by atoms with Gasteiger partial charge < -0.3 is 4.74 Å². The van der Waals surface area contributed by atoms with E-state index in [1.807, 2.05) is 12.5 Å². The average molecular weight is 260 g/mol. The molecule has 0 heterocycles. The lowest BCUT2D eigenvalue weighted by atomic mass is 10.1. The summed E-state index contributed by atoms with van der Waals surface area (Å²) in [6.45, 7) is 2.05. The number of esters is 1. The first-order chi connectivity index (χ1) is 7.65. The number of ketones is 1. The molecule has 0 N–H and O–H groups in total. The van der Waals surface area contributed by atoms with Crippen LogP contribution in [0.5, 0.6) is 0 Å². The number of carbonyl (C=O) groups is 2. The summed E-state index contributed by atoms with van der Waals surface area (Å²) in [6.07, 6.45) is 5.53. The fourth-order valence-corrected chi connectivity index (χ4v) is 2.77. The van der Waals surface area contributed by atoms with Crippen LogP contribution in [0.25, 0.3) is 0 Å². The van der Waals surface area contributed by atoms with E-state index in [0.29, 0.717) is 6.61 Å². The van der Waals surface area contributed by atoms with Gasteiger partial charge in [-0.3, -0.25) is 4.79 Å². The maximum Gasteiger partial charge on any atom is 0.343 e. The Morgan fingerprint density at radius 3 is 2.19 bits per heavy atom. The Bertz CT molecular complexity index is 313. The summed E-state index contributed by atoms with van der Waals surface area (Å²) in [5, 5.41) is 0. The zero-order valence-corrected chi connectivity index (χ0v) is 11.4. The quantitative estimate of drug-likeness (QED) is 0.318. The molecular weight excluding hydrogens is 244 g/mol. The summed E-state index contributed by atoms with van der Waals surface area (Å²) in [7, 11) is 0. The third-order valence-corrected chi connectivity index (χ3v) is 4.40. The summed E-state index contributed by atoms with van der Waals surface area (Å²) in [4.78, 5) is 23.7. The van der Waals surface area contributed by atoms with Crippen LogP contribution in [0.4, 0.5) is 0 Å². The minimum Gasteiger partial charge on any atom is -0.462 e. The molecule has 0 atom stereocenters. The predicted molar refractivity (Wildman–Crippen MR) is 68.4 cm³/mol. The summed E-state index contributed by atoms with van der Waals surface area (Å²) < 4.78 is 5.70. The van der Waals surface area contributed by atoms with Gasteiger partial charge in [0.05, 0.1) is 10.8 Å². The van der Waals surface area contributed by atoms with E-state index in [9.17, 15) is 9.59 Å². The van der Waals surface area contributed by atoms with Crippen molar-refractivity contribution < 1.29 is 14.3 Å². The Morgan fingerprint density at radius 1 is 1.25 bits per heavy atom.